The highest BCUT2D eigenvalue weighted by Gasteiger charge is 2.51. The van der Waals surface area contributed by atoms with Gasteiger partial charge in [-0.2, -0.15) is 0 Å². The highest BCUT2D eigenvalue weighted by molar-refractivity contribution is 5.96. The third-order valence-corrected chi connectivity index (χ3v) is 10.5. The number of hydrogen-bond donors (Lipinski definition) is 0. The molecule has 1 aliphatic heterocycles. The molecule has 1 heterocycles. The molecule has 0 radical (unpaired) electrons. The lowest BCUT2D eigenvalue weighted by atomic mass is 9.49. The van der Waals surface area contributed by atoms with Crippen LogP contribution in [0.5, 0.6) is 17.2 Å². The minimum Gasteiger partial charge on any atom is -0.493 e. The highest BCUT2D eigenvalue weighted by atomic mass is 16.5. The number of carbonyl (C=O) groups excluding carboxylic acids is 2. The van der Waals surface area contributed by atoms with Crippen molar-refractivity contribution < 1.29 is 23.8 Å². The number of fused-ring (bicyclic) bond motifs is 1. The Morgan fingerprint density at radius 2 is 1.61 bits per heavy atom. The second kappa shape index (κ2) is 12.6. The topological polar surface area (TPSA) is 71.6 Å². The number of piperazine rings is 1. The minimum atomic E-state index is -0.0319. The molecule has 41 heavy (non-hydrogen) atoms. The van der Waals surface area contributed by atoms with E-state index < -0.39 is 0 Å². The molecule has 2 atom stereocenters. The highest BCUT2D eigenvalue weighted by Crippen LogP contribution is 2.59. The molecule has 3 fully saturated rings. The molecule has 0 spiro atoms. The third-order valence-electron chi connectivity index (χ3n) is 10.5. The van der Waals surface area contributed by atoms with Gasteiger partial charge in [-0.15, -0.1) is 0 Å². The molecule has 2 saturated carbocycles. The summed E-state index contributed by atoms with van der Waals surface area (Å²) in [6.07, 6.45) is 10.4. The lowest BCUT2D eigenvalue weighted by Crippen LogP contribution is -2.53. The van der Waals surface area contributed by atoms with E-state index in [-0.39, 0.29) is 11.8 Å². The summed E-state index contributed by atoms with van der Waals surface area (Å²) in [5.74, 6) is 3.28. The molecule has 0 aromatic heterocycles. The largest absolute Gasteiger partial charge is 0.493 e. The van der Waals surface area contributed by atoms with E-state index in [0.717, 1.165) is 57.9 Å². The van der Waals surface area contributed by atoms with Gasteiger partial charge in [0.1, 0.15) is 0 Å². The Hall–Kier alpha value is -2.74. The van der Waals surface area contributed by atoms with Crippen molar-refractivity contribution in [3.63, 3.8) is 0 Å². The zero-order valence-electron chi connectivity index (χ0n) is 25.7. The van der Waals surface area contributed by atoms with Gasteiger partial charge in [-0.1, -0.05) is 44.8 Å². The molecule has 1 aromatic carbocycles. The summed E-state index contributed by atoms with van der Waals surface area (Å²) < 4.78 is 16.6. The maximum atomic E-state index is 14.1. The average Bonchev–Trinajstić information content (AvgIpc) is 3.02. The quantitative estimate of drug-likeness (QED) is 0.376. The Kier molecular flexibility index (Phi) is 9.17. The number of carbonyl (C=O) groups is 2. The fraction of sp³-hybridized carbons (Fsp3) is 0.697. The summed E-state index contributed by atoms with van der Waals surface area (Å²) >= 11 is 0. The first kappa shape index (κ1) is 29.7. The fourth-order valence-electron chi connectivity index (χ4n) is 7.58. The van der Waals surface area contributed by atoms with Crippen LogP contribution in [0.3, 0.4) is 0 Å². The molecular formula is C33H49N3O5. The van der Waals surface area contributed by atoms with Gasteiger partial charge in [0.2, 0.25) is 11.7 Å². The maximum absolute atomic E-state index is 14.1. The standard InChI is InChI=1S/C33H49N3O5/c1-33(2)26-12-11-24(27(33)21-26)22-36(32(38)25-19-28(39-3)30(41-5)29(20-25)40-4)18-15-34-13-16-35(17-14-34)31(37)23-9-7-6-8-10-23/h11,19-20,23,26-27H,6-10,12-18,21-22H2,1-5H3. The molecule has 2 unspecified atom stereocenters. The Bertz CT molecular complexity index is 1110. The number of amides is 2. The van der Waals surface area contributed by atoms with E-state index in [0.29, 0.717) is 53.1 Å². The lowest BCUT2D eigenvalue weighted by Gasteiger charge is -2.57. The van der Waals surface area contributed by atoms with Crippen molar-refractivity contribution in [1.82, 2.24) is 14.7 Å². The molecule has 1 saturated heterocycles. The van der Waals surface area contributed by atoms with Gasteiger partial charge < -0.3 is 24.0 Å². The first-order valence-electron chi connectivity index (χ1n) is 15.6. The Balaban J connectivity index is 1.28. The van der Waals surface area contributed by atoms with E-state index in [9.17, 15) is 9.59 Å². The summed E-state index contributed by atoms with van der Waals surface area (Å²) in [4.78, 5) is 33.6. The smallest absolute Gasteiger partial charge is 0.254 e. The van der Waals surface area contributed by atoms with Gasteiger partial charge >= 0.3 is 0 Å². The predicted molar refractivity (Wildman–Crippen MR) is 160 cm³/mol. The number of ether oxygens (including phenoxy) is 3. The van der Waals surface area contributed by atoms with Gasteiger partial charge in [0, 0.05) is 57.3 Å². The van der Waals surface area contributed by atoms with Crippen LogP contribution in [0.2, 0.25) is 0 Å². The van der Waals surface area contributed by atoms with Gasteiger partial charge in [0.05, 0.1) is 21.3 Å². The van der Waals surface area contributed by atoms with Crippen LogP contribution in [0.1, 0.15) is 69.2 Å². The zero-order chi connectivity index (χ0) is 29.1. The first-order chi connectivity index (χ1) is 19.8. The molecule has 226 valence electrons. The third kappa shape index (κ3) is 6.08. The van der Waals surface area contributed by atoms with Gasteiger partial charge in [0.25, 0.3) is 5.91 Å². The van der Waals surface area contributed by atoms with Crippen LogP contribution in [0.25, 0.3) is 0 Å². The number of nitrogens with zero attached hydrogens (tertiary/aromatic N) is 3. The van der Waals surface area contributed by atoms with E-state index in [1.165, 1.54) is 31.3 Å². The van der Waals surface area contributed by atoms with Crippen LogP contribution in [0, 0.1) is 23.2 Å². The van der Waals surface area contributed by atoms with Gasteiger partial charge in [-0.05, 0) is 55.1 Å². The van der Waals surface area contributed by atoms with Crippen molar-refractivity contribution in [3.8, 4) is 17.2 Å². The van der Waals surface area contributed by atoms with Crippen LogP contribution in [0.15, 0.2) is 23.8 Å². The summed E-state index contributed by atoms with van der Waals surface area (Å²) in [5, 5.41) is 0. The van der Waals surface area contributed by atoms with Crippen LogP contribution in [0.4, 0.5) is 0 Å². The van der Waals surface area contributed by atoms with Crippen molar-refractivity contribution in [1.29, 1.82) is 0 Å². The number of methoxy groups -OCH3 is 3. The van der Waals surface area contributed by atoms with Crippen molar-refractivity contribution in [2.24, 2.45) is 23.2 Å². The van der Waals surface area contributed by atoms with Gasteiger partial charge in [0.15, 0.2) is 11.5 Å². The van der Waals surface area contributed by atoms with Gasteiger partial charge in [-0.25, -0.2) is 0 Å². The van der Waals surface area contributed by atoms with E-state index in [2.05, 4.69) is 29.7 Å². The van der Waals surface area contributed by atoms with Crippen LogP contribution < -0.4 is 14.2 Å². The molecule has 6 rings (SSSR count). The summed E-state index contributed by atoms with van der Waals surface area (Å²) in [7, 11) is 4.72. The summed E-state index contributed by atoms with van der Waals surface area (Å²) in [5.41, 5.74) is 2.22. The molecule has 1 aromatic rings. The summed E-state index contributed by atoms with van der Waals surface area (Å²) in [6.45, 7) is 10.0. The van der Waals surface area contributed by atoms with Crippen LogP contribution in [-0.4, -0.2) is 93.7 Å². The molecule has 2 bridgehead atoms. The van der Waals surface area contributed by atoms with Crippen molar-refractivity contribution in [2.75, 3.05) is 67.1 Å². The monoisotopic (exact) mass is 567 g/mol. The van der Waals surface area contributed by atoms with Crippen LogP contribution >= 0.6 is 0 Å². The molecular weight excluding hydrogens is 518 g/mol. The molecule has 4 aliphatic carbocycles. The SMILES string of the molecule is COc1cc(C(=O)N(CCN2CCN(C(=O)C3CCCCC3)CC2)CC2=CCC3CC2C3(C)C)cc(OC)c1OC. The number of hydrogen-bond acceptors (Lipinski definition) is 6. The first-order valence-corrected chi connectivity index (χ1v) is 15.6. The van der Waals surface area contributed by atoms with E-state index in [4.69, 9.17) is 14.2 Å². The van der Waals surface area contributed by atoms with E-state index in [1.54, 1.807) is 33.5 Å². The second-order valence-electron chi connectivity index (χ2n) is 13.0. The Labute approximate surface area is 246 Å². The lowest BCUT2D eigenvalue weighted by molar-refractivity contribution is -0.138. The van der Waals surface area contributed by atoms with Crippen molar-refractivity contribution >= 4 is 11.8 Å². The van der Waals surface area contributed by atoms with Crippen molar-refractivity contribution in [2.45, 2.75) is 58.8 Å². The number of benzene rings is 1. The molecule has 0 N–H and O–H groups in total. The molecule has 8 heteroatoms. The van der Waals surface area contributed by atoms with Gasteiger partial charge in [-0.3, -0.25) is 14.5 Å². The Morgan fingerprint density at radius 3 is 2.17 bits per heavy atom. The van der Waals surface area contributed by atoms with Crippen LogP contribution in [-0.2, 0) is 4.79 Å². The summed E-state index contributed by atoms with van der Waals surface area (Å²) in [6, 6.07) is 3.51. The van der Waals surface area contributed by atoms with Crippen molar-refractivity contribution in [3.05, 3.63) is 29.3 Å². The second-order valence-corrected chi connectivity index (χ2v) is 13.0. The number of allylic oxidation sites excluding steroid dienone is 1. The minimum absolute atomic E-state index is 0.0319. The molecule has 5 aliphatic rings. The molecule has 8 nitrogen and oxygen atoms in total. The van der Waals surface area contributed by atoms with E-state index >= 15 is 0 Å². The fourth-order valence-corrected chi connectivity index (χ4v) is 7.58. The average molecular weight is 568 g/mol. The predicted octanol–water partition coefficient (Wildman–Crippen LogP) is 4.87. The van der Waals surface area contributed by atoms with E-state index in [1.807, 2.05) is 4.90 Å². The molecule has 2 amide bonds. The number of rotatable bonds is 10. The Morgan fingerprint density at radius 1 is 0.951 bits per heavy atom. The normalized spacial score (nSPS) is 24.2. The zero-order valence-corrected chi connectivity index (χ0v) is 25.7. The maximum Gasteiger partial charge on any atom is 0.254 e.